The summed E-state index contributed by atoms with van der Waals surface area (Å²) in [5, 5.41) is 12.5. The van der Waals surface area contributed by atoms with Gasteiger partial charge in [-0.3, -0.25) is 0 Å². The van der Waals surface area contributed by atoms with Crippen molar-refractivity contribution < 1.29 is 13.9 Å². The van der Waals surface area contributed by atoms with E-state index in [9.17, 15) is 13.9 Å². The van der Waals surface area contributed by atoms with Crippen LogP contribution in [0.1, 0.15) is 11.7 Å². The molecule has 0 aliphatic heterocycles. The predicted octanol–water partition coefficient (Wildman–Crippen LogP) is 1.77. The van der Waals surface area contributed by atoms with Gasteiger partial charge in [-0.15, -0.1) is 6.58 Å². The smallest absolute Gasteiger partial charge is 0.159 e. The van der Waals surface area contributed by atoms with Gasteiger partial charge in [-0.1, -0.05) is 12.1 Å². The van der Waals surface area contributed by atoms with Crippen LogP contribution in [0.3, 0.4) is 0 Å². The molecule has 15 heavy (non-hydrogen) atoms. The van der Waals surface area contributed by atoms with Gasteiger partial charge in [0.25, 0.3) is 0 Å². The summed E-state index contributed by atoms with van der Waals surface area (Å²) in [5.74, 6) is -1.86. The molecular weight excluding hydrogens is 200 g/mol. The van der Waals surface area contributed by atoms with Gasteiger partial charge >= 0.3 is 0 Å². The van der Waals surface area contributed by atoms with E-state index >= 15 is 0 Å². The van der Waals surface area contributed by atoms with Crippen molar-refractivity contribution >= 4 is 0 Å². The van der Waals surface area contributed by atoms with Crippen LogP contribution in [0.25, 0.3) is 0 Å². The Bertz CT molecular complexity index is 341. The number of aliphatic hydroxyl groups excluding tert-OH is 1. The first kappa shape index (κ1) is 11.8. The lowest BCUT2D eigenvalue weighted by molar-refractivity contribution is 0.175. The molecule has 0 bridgehead atoms. The third kappa shape index (κ3) is 3.42. The summed E-state index contributed by atoms with van der Waals surface area (Å²) in [4.78, 5) is 0. The summed E-state index contributed by atoms with van der Waals surface area (Å²) in [6.07, 6.45) is 0.804. The minimum absolute atomic E-state index is 0.275. The second kappa shape index (κ2) is 5.58. The number of hydrogen-bond acceptors (Lipinski definition) is 2. The molecule has 1 unspecified atom stereocenters. The lowest BCUT2D eigenvalue weighted by Gasteiger charge is -2.11. The minimum atomic E-state index is -0.949. The third-order valence-corrected chi connectivity index (χ3v) is 1.95. The van der Waals surface area contributed by atoms with Gasteiger partial charge < -0.3 is 10.4 Å². The summed E-state index contributed by atoms with van der Waals surface area (Å²) < 4.78 is 25.4. The molecule has 2 nitrogen and oxygen atoms in total. The van der Waals surface area contributed by atoms with Crippen molar-refractivity contribution in [3.05, 3.63) is 48.1 Å². The van der Waals surface area contributed by atoms with Crippen LogP contribution in [0.5, 0.6) is 0 Å². The fourth-order valence-corrected chi connectivity index (χ4v) is 1.16. The molecule has 0 aliphatic rings. The third-order valence-electron chi connectivity index (χ3n) is 1.95. The van der Waals surface area contributed by atoms with Gasteiger partial charge in [0.05, 0.1) is 6.10 Å². The Hall–Kier alpha value is -1.26. The second-order valence-electron chi connectivity index (χ2n) is 3.14. The number of rotatable bonds is 5. The van der Waals surface area contributed by atoms with Crippen molar-refractivity contribution in [2.24, 2.45) is 0 Å². The monoisotopic (exact) mass is 213 g/mol. The van der Waals surface area contributed by atoms with Gasteiger partial charge in [0.1, 0.15) is 0 Å². The van der Waals surface area contributed by atoms with E-state index in [1.807, 2.05) is 0 Å². The highest BCUT2D eigenvalue weighted by Crippen LogP contribution is 2.15. The quantitative estimate of drug-likeness (QED) is 0.577. The molecule has 0 fully saturated rings. The maximum Gasteiger partial charge on any atom is 0.159 e. The van der Waals surface area contributed by atoms with Gasteiger partial charge in [0, 0.05) is 13.1 Å². The van der Waals surface area contributed by atoms with Crippen molar-refractivity contribution in [1.29, 1.82) is 0 Å². The standard InChI is InChI=1S/C11H13F2NO/c1-2-5-14-7-11(15)8-3-4-9(12)10(13)6-8/h2-4,6,11,14-15H,1,5,7H2. The number of nitrogens with one attached hydrogen (secondary N) is 1. The first-order chi connectivity index (χ1) is 7.15. The molecule has 0 radical (unpaired) electrons. The Kier molecular flexibility index (Phi) is 4.39. The number of halogens is 2. The van der Waals surface area contributed by atoms with Crippen molar-refractivity contribution in [1.82, 2.24) is 5.32 Å². The highest BCUT2D eigenvalue weighted by molar-refractivity contribution is 5.20. The molecule has 0 aliphatic carbocycles. The lowest BCUT2D eigenvalue weighted by Crippen LogP contribution is -2.21. The van der Waals surface area contributed by atoms with Crippen LogP contribution < -0.4 is 5.32 Å². The highest BCUT2D eigenvalue weighted by atomic mass is 19.2. The summed E-state index contributed by atoms with van der Waals surface area (Å²) in [6.45, 7) is 4.33. The molecule has 2 N–H and O–H groups in total. The van der Waals surface area contributed by atoms with E-state index in [2.05, 4.69) is 11.9 Å². The van der Waals surface area contributed by atoms with Gasteiger partial charge in [0.2, 0.25) is 0 Å². The topological polar surface area (TPSA) is 32.3 Å². The molecule has 1 atom stereocenters. The van der Waals surface area contributed by atoms with Crippen molar-refractivity contribution in [2.75, 3.05) is 13.1 Å². The normalized spacial score (nSPS) is 12.5. The van der Waals surface area contributed by atoms with Gasteiger partial charge in [-0.05, 0) is 17.7 Å². The van der Waals surface area contributed by atoms with Crippen LogP contribution >= 0.6 is 0 Å². The fourth-order valence-electron chi connectivity index (χ4n) is 1.16. The predicted molar refractivity (Wildman–Crippen MR) is 54.4 cm³/mol. The van der Waals surface area contributed by atoms with Crippen LogP contribution in [-0.2, 0) is 0 Å². The summed E-state index contributed by atoms with van der Waals surface area (Å²) in [6, 6.07) is 3.36. The minimum Gasteiger partial charge on any atom is -0.387 e. The first-order valence-corrected chi connectivity index (χ1v) is 4.59. The van der Waals surface area contributed by atoms with Crippen LogP contribution in [0, 0.1) is 11.6 Å². The average Bonchev–Trinajstić information content (AvgIpc) is 2.22. The Morgan fingerprint density at radius 3 is 2.73 bits per heavy atom. The number of aliphatic hydroxyl groups is 1. The van der Waals surface area contributed by atoms with E-state index in [0.717, 1.165) is 12.1 Å². The van der Waals surface area contributed by atoms with Crippen LogP contribution in [0.2, 0.25) is 0 Å². The number of hydrogen-bond donors (Lipinski definition) is 2. The molecule has 0 amide bonds. The van der Waals surface area contributed by atoms with E-state index in [4.69, 9.17) is 0 Å². The molecule has 4 heteroatoms. The zero-order valence-corrected chi connectivity index (χ0v) is 8.21. The van der Waals surface area contributed by atoms with E-state index in [0.29, 0.717) is 12.1 Å². The SMILES string of the molecule is C=CCNCC(O)c1ccc(F)c(F)c1. The zero-order chi connectivity index (χ0) is 11.3. The van der Waals surface area contributed by atoms with Crippen LogP contribution in [0.4, 0.5) is 8.78 Å². The average molecular weight is 213 g/mol. The van der Waals surface area contributed by atoms with Crippen LogP contribution in [-0.4, -0.2) is 18.2 Å². The highest BCUT2D eigenvalue weighted by Gasteiger charge is 2.09. The molecule has 1 rings (SSSR count). The van der Waals surface area contributed by atoms with Crippen LogP contribution in [0.15, 0.2) is 30.9 Å². The van der Waals surface area contributed by atoms with E-state index in [1.54, 1.807) is 6.08 Å². The molecule has 0 heterocycles. The molecule has 0 saturated heterocycles. The maximum atomic E-state index is 12.8. The molecule has 82 valence electrons. The second-order valence-corrected chi connectivity index (χ2v) is 3.14. The van der Waals surface area contributed by atoms with Crippen molar-refractivity contribution in [3.8, 4) is 0 Å². The fraction of sp³-hybridized carbons (Fsp3) is 0.273. The maximum absolute atomic E-state index is 12.8. The molecule has 0 aromatic heterocycles. The van der Waals surface area contributed by atoms with Gasteiger partial charge in [-0.25, -0.2) is 8.78 Å². The van der Waals surface area contributed by atoms with E-state index in [1.165, 1.54) is 6.07 Å². The summed E-state index contributed by atoms with van der Waals surface area (Å²) >= 11 is 0. The van der Waals surface area contributed by atoms with E-state index < -0.39 is 17.7 Å². The molecule has 0 saturated carbocycles. The Morgan fingerprint density at radius 1 is 1.40 bits per heavy atom. The van der Waals surface area contributed by atoms with Crippen molar-refractivity contribution in [2.45, 2.75) is 6.10 Å². The molecule has 0 spiro atoms. The Labute approximate surface area is 87.2 Å². The molecular formula is C11H13F2NO. The Morgan fingerprint density at radius 2 is 2.13 bits per heavy atom. The molecule has 1 aromatic rings. The van der Waals surface area contributed by atoms with Crippen molar-refractivity contribution in [3.63, 3.8) is 0 Å². The zero-order valence-electron chi connectivity index (χ0n) is 8.21. The van der Waals surface area contributed by atoms with E-state index in [-0.39, 0.29) is 6.54 Å². The molecule has 1 aromatic carbocycles. The summed E-state index contributed by atoms with van der Waals surface area (Å²) in [7, 11) is 0. The lowest BCUT2D eigenvalue weighted by atomic mass is 10.1. The van der Waals surface area contributed by atoms with Gasteiger partial charge in [0.15, 0.2) is 11.6 Å². The van der Waals surface area contributed by atoms with Gasteiger partial charge in [-0.2, -0.15) is 0 Å². The number of benzene rings is 1. The largest absolute Gasteiger partial charge is 0.387 e. The summed E-state index contributed by atoms with van der Waals surface area (Å²) in [5.41, 5.74) is 0.352. The Balaban J connectivity index is 2.61. The first-order valence-electron chi connectivity index (χ1n) is 4.59.